The van der Waals surface area contributed by atoms with Gasteiger partial charge >= 0.3 is 6.18 Å². The number of hydrogen-bond donors (Lipinski definition) is 0. The van der Waals surface area contributed by atoms with E-state index in [-0.39, 0.29) is 18.4 Å². The highest BCUT2D eigenvalue weighted by Gasteiger charge is 2.49. The van der Waals surface area contributed by atoms with E-state index < -0.39 is 24.4 Å². The Bertz CT molecular complexity index is 631. The highest BCUT2D eigenvalue weighted by Crippen LogP contribution is 2.33. The number of aromatic nitrogens is 2. The van der Waals surface area contributed by atoms with Gasteiger partial charge in [-0.2, -0.15) is 13.2 Å². The summed E-state index contributed by atoms with van der Waals surface area (Å²) in [5.41, 5.74) is -1.02. The van der Waals surface area contributed by atoms with Crippen LogP contribution in [-0.4, -0.2) is 64.8 Å². The Labute approximate surface area is 150 Å². The molecule has 0 spiro atoms. The highest BCUT2D eigenvalue weighted by molar-refractivity contribution is 5.79. The molecule has 0 aromatic carbocycles. The van der Waals surface area contributed by atoms with E-state index in [0.29, 0.717) is 25.9 Å². The molecule has 2 fully saturated rings. The first-order chi connectivity index (χ1) is 12.2. The van der Waals surface area contributed by atoms with Gasteiger partial charge in [0.25, 0.3) is 0 Å². The van der Waals surface area contributed by atoms with Gasteiger partial charge in [-0.25, -0.2) is 4.98 Å². The van der Waals surface area contributed by atoms with Crippen molar-refractivity contribution in [2.45, 2.75) is 44.6 Å². The van der Waals surface area contributed by atoms with Gasteiger partial charge in [-0.1, -0.05) is 0 Å². The van der Waals surface area contributed by atoms with Gasteiger partial charge in [-0.3, -0.25) is 9.78 Å². The number of rotatable bonds is 2. The number of halogens is 3. The van der Waals surface area contributed by atoms with Gasteiger partial charge in [0.15, 0.2) is 6.10 Å². The molecule has 1 amide bonds. The largest absolute Gasteiger partial charge is 0.416 e. The maximum Gasteiger partial charge on any atom is 0.416 e. The van der Waals surface area contributed by atoms with Crippen LogP contribution in [0.15, 0.2) is 18.6 Å². The predicted octanol–water partition coefficient (Wildman–Crippen LogP) is 2.26. The zero-order valence-corrected chi connectivity index (χ0v) is 14.9. The zero-order valence-electron chi connectivity index (χ0n) is 14.9. The molecular weight excluding hydrogens is 349 g/mol. The van der Waals surface area contributed by atoms with Crippen LogP contribution in [0.2, 0.25) is 0 Å². The third kappa shape index (κ3) is 4.25. The number of nitrogens with zero attached hydrogens (tertiary/aromatic N) is 4. The van der Waals surface area contributed by atoms with Crippen LogP contribution >= 0.6 is 0 Å². The number of alkyl halides is 3. The summed E-state index contributed by atoms with van der Waals surface area (Å²) in [6.07, 6.45) is -0.369. The van der Waals surface area contributed by atoms with E-state index in [1.165, 1.54) is 4.90 Å². The van der Waals surface area contributed by atoms with Gasteiger partial charge in [0, 0.05) is 37.9 Å². The van der Waals surface area contributed by atoms with E-state index in [1.807, 2.05) is 4.90 Å². The highest BCUT2D eigenvalue weighted by atomic mass is 19.4. The van der Waals surface area contributed by atoms with Crippen molar-refractivity contribution < 1.29 is 22.7 Å². The molecule has 0 bridgehead atoms. The maximum absolute atomic E-state index is 13.1. The molecule has 2 aliphatic rings. The van der Waals surface area contributed by atoms with Crippen LogP contribution in [0.3, 0.4) is 0 Å². The second-order valence-corrected chi connectivity index (χ2v) is 7.45. The SMILES string of the molecule is CC1(C)CN(C(=O)C2CCN(c3cnccn3)CC2)CC(C(F)(F)F)O1. The smallest absolute Gasteiger partial charge is 0.359 e. The number of carbonyl (C=O) groups is 1. The van der Waals surface area contributed by atoms with Crippen molar-refractivity contribution in [3.63, 3.8) is 0 Å². The molecule has 0 aliphatic carbocycles. The Kier molecular flexibility index (Phi) is 5.09. The first-order valence-electron chi connectivity index (χ1n) is 8.70. The molecule has 1 aromatic heterocycles. The fourth-order valence-corrected chi connectivity index (χ4v) is 3.59. The Balaban J connectivity index is 1.62. The molecule has 9 heteroatoms. The molecule has 3 rings (SSSR count). The molecule has 0 saturated carbocycles. The summed E-state index contributed by atoms with van der Waals surface area (Å²) < 4.78 is 44.5. The van der Waals surface area contributed by atoms with Crippen molar-refractivity contribution in [2.75, 3.05) is 31.1 Å². The minimum atomic E-state index is -4.48. The lowest BCUT2D eigenvalue weighted by Crippen LogP contribution is -2.59. The monoisotopic (exact) mass is 372 g/mol. The Morgan fingerprint density at radius 3 is 2.54 bits per heavy atom. The summed E-state index contributed by atoms with van der Waals surface area (Å²) >= 11 is 0. The fraction of sp³-hybridized carbons (Fsp3) is 0.706. The Hall–Kier alpha value is -1.90. The van der Waals surface area contributed by atoms with Crippen molar-refractivity contribution >= 4 is 11.7 Å². The molecule has 2 saturated heterocycles. The minimum Gasteiger partial charge on any atom is -0.359 e. The molecule has 144 valence electrons. The number of morpholine rings is 1. The normalized spacial score (nSPS) is 24.6. The average molecular weight is 372 g/mol. The molecule has 0 radical (unpaired) electrons. The van der Waals surface area contributed by atoms with Gasteiger partial charge in [0.2, 0.25) is 5.91 Å². The zero-order chi connectivity index (χ0) is 18.9. The maximum atomic E-state index is 13.1. The average Bonchev–Trinajstić information content (AvgIpc) is 2.60. The number of anilines is 1. The molecular formula is C17H23F3N4O2. The summed E-state index contributed by atoms with van der Waals surface area (Å²) in [6, 6.07) is 0. The second-order valence-electron chi connectivity index (χ2n) is 7.45. The minimum absolute atomic E-state index is 0.169. The van der Waals surface area contributed by atoms with Crippen LogP contribution in [0.25, 0.3) is 0 Å². The van der Waals surface area contributed by atoms with Crippen molar-refractivity contribution in [1.29, 1.82) is 0 Å². The van der Waals surface area contributed by atoms with Crippen LogP contribution in [0.1, 0.15) is 26.7 Å². The second kappa shape index (κ2) is 7.02. The molecule has 1 unspecified atom stereocenters. The number of ether oxygens (including phenoxy) is 1. The molecule has 1 atom stereocenters. The predicted molar refractivity (Wildman–Crippen MR) is 88.6 cm³/mol. The molecule has 1 aromatic rings. The molecule has 3 heterocycles. The van der Waals surface area contributed by atoms with Crippen molar-refractivity contribution in [3.05, 3.63) is 18.6 Å². The topological polar surface area (TPSA) is 58.6 Å². The first-order valence-corrected chi connectivity index (χ1v) is 8.70. The van der Waals surface area contributed by atoms with Crippen LogP contribution in [0, 0.1) is 5.92 Å². The molecule has 6 nitrogen and oxygen atoms in total. The van der Waals surface area contributed by atoms with E-state index in [9.17, 15) is 18.0 Å². The lowest BCUT2D eigenvalue weighted by atomic mass is 9.93. The summed E-state index contributed by atoms with van der Waals surface area (Å²) in [5.74, 6) is 0.267. The summed E-state index contributed by atoms with van der Waals surface area (Å²) in [4.78, 5) is 24.5. The van der Waals surface area contributed by atoms with Gasteiger partial charge < -0.3 is 14.5 Å². The van der Waals surface area contributed by atoms with E-state index >= 15 is 0 Å². The van der Waals surface area contributed by atoms with E-state index in [2.05, 4.69) is 9.97 Å². The van der Waals surface area contributed by atoms with Crippen LogP contribution in [0.5, 0.6) is 0 Å². The molecule has 26 heavy (non-hydrogen) atoms. The third-order valence-electron chi connectivity index (χ3n) is 4.81. The van der Waals surface area contributed by atoms with Gasteiger partial charge in [-0.05, 0) is 26.7 Å². The van der Waals surface area contributed by atoms with Crippen LogP contribution in [-0.2, 0) is 9.53 Å². The van der Waals surface area contributed by atoms with Crippen molar-refractivity contribution in [2.24, 2.45) is 5.92 Å². The third-order valence-corrected chi connectivity index (χ3v) is 4.81. The van der Waals surface area contributed by atoms with E-state index in [1.54, 1.807) is 32.4 Å². The van der Waals surface area contributed by atoms with E-state index in [4.69, 9.17) is 4.74 Å². The molecule has 0 N–H and O–H groups in total. The number of carbonyl (C=O) groups excluding carboxylic acids is 1. The standard InChI is InChI=1S/C17H23F3N4O2/c1-16(2)11-24(10-13(26-16)17(18,19)20)15(25)12-3-7-23(8-4-12)14-9-21-5-6-22-14/h5-6,9,12-13H,3-4,7-8,10-11H2,1-2H3. The van der Waals surface area contributed by atoms with Gasteiger partial charge in [0.05, 0.1) is 18.3 Å². The fourth-order valence-electron chi connectivity index (χ4n) is 3.59. The lowest BCUT2D eigenvalue weighted by molar-refractivity contribution is -0.270. The van der Waals surface area contributed by atoms with Gasteiger partial charge in [-0.15, -0.1) is 0 Å². The summed E-state index contributed by atoms with van der Waals surface area (Å²) in [6.45, 7) is 4.17. The quantitative estimate of drug-likeness (QED) is 0.797. The molecule has 2 aliphatic heterocycles. The van der Waals surface area contributed by atoms with Gasteiger partial charge in [0.1, 0.15) is 5.82 Å². The summed E-state index contributed by atoms with van der Waals surface area (Å²) in [7, 11) is 0. The lowest BCUT2D eigenvalue weighted by Gasteiger charge is -2.44. The van der Waals surface area contributed by atoms with Crippen LogP contribution < -0.4 is 4.90 Å². The Morgan fingerprint density at radius 1 is 1.27 bits per heavy atom. The van der Waals surface area contributed by atoms with Crippen LogP contribution in [0.4, 0.5) is 19.0 Å². The summed E-state index contributed by atoms with van der Waals surface area (Å²) in [5, 5.41) is 0. The number of piperidine rings is 1. The van der Waals surface area contributed by atoms with Crippen molar-refractivity contribution in [1.82, 2.24) is 14.9 Å². The number of amides is 1. The Morgan fingerprint density at radius 2 is 1.96 bits per heavy atom. The first kappa shape index (κ1) is 18.9. The van der Waals surface area contributed by atoms with E-state index in [0.717, 1.165) is 5.82 Å². The number of hydrogen-bond acceptors (Lipinski definition) is 5. The van der Waals surface area contributed by atoms with Crippen molar-refractivity contribution in [3.8, 4) is 0 Å².